The van der Waals surface area contributed by atoms with E-state index in [1.807, 2.05) is 5.38 Å². The summed E-state index contributed by atoms with van der Waals surface area (Å²) in [6, 6.07) is 12.7. The molecular weight excluding hydrogens is 318 g/mol. The number of benzene rings is 2. The van der Waals surface area contributed by atoms with Gasteiger partial charge in [-0.1, -0.05) is 30.3 Å². The molecule has 4 nitrogen and oxygen atoms in total. The van der Waals surface area contributed by atoms with Crippen molar-refractivity contribution in [2.45, 2.75) is 19.4 Å². The number of thiazole rings is 1. The molecule has 4 N–H and O–H groups in total. The molecule has 0 saturated heterocycles. The molecule has 122 valence electrons. The van der Waals surface area contributed by atoms with Crippen molar-refractivity contribution in [2.24, 2.45) is 5.73 Å². The number of ether oxygens (including phenoxy) is 1. The lowest BCUT2D eigenvalue weighted by atomic mass is 9.97. The predicted octanol–water partition coefficient (Wildman–Crippen LogP) is 3.63. The van der Waals surface area contributed by atoms with Crippen LogP contribution in [0, 0.1) is 6.92 Å². The number of anilines is 1. The van der Waals surface area contributed by atoms with Gasteiger partial charge in [0.15, 0.2) is 5.13 Å². The summed E-state index contributed by atoms with van der Waals surface area (Å²) in [4.78, 5) is 4.33. The third-order valence-corrected chi connectivity index (χ3v) is 4.99. The average Bonchev–Trinajstić information content (AvgIpc) is 3.20. The van der Waals surface area contributed by atoms with Crippen LogP contribution in [0.4, 0.5) is 5.13 Å². The van der Waals surface area contributed by atoms with E-state index >= 15 is 0 Å². The van der Waals surface area contributed by atoms with Gasteiger partial charge in [-0.25, -0.2) is 4.98 Å². The molecule has 0 radical (unpaired) electrons. The second-order valence-corrected chi connectivity index (χ2v) is 7.02. The number of aryl methyl sites for hydroxylation is 1. The molecule has 24 heavy (non-hydrogen) atoms. The van der Waals surface area contributed by atoms with Crippen molar-refractivity contribution in [2.75, 3.05) is 12.3 Å². The largest absolute Gasteiger partial charge is 0.488 e. The first-order valence-corrected chi connectivity index (χ1v) is 8.84. The standard InChI is InChI=1S/C19H19N3OS/c1-11-6-14-8-15(9-20)23-18(14)16(7-11)12-2-4-13(5-3-12)17-10-24-19(21)22-17/h2-7,10,15H,8-9,20H2,1H3,(H2,21,22). The van der Waals surface area contributed by atoms with Gasteiger partial charge in [0.05, 0.1) is 5.69 Å². The van der Waals surface area contributed by atoms with E-state index < -0.39 is 0 Å². The van der Waals surface area contributed by atoms with Gasteiger partial charge in [0.1, 0.15) is 11.9 Å². The molecule has 5 heteroatoms. The number of nitrogens with two attached hydrogens (primary N) is 2. The normalized spacial score (nSPS) is 16.0. The second kappa shape index (κ2) is 5.92. The Morgan fingerprint density at radius 1 is 1.21 bits per heavy atom. The number of aromatic nitrogens is 1. The third-order valence-electron chi connectivity index (χ3n) is 4.32. The topological polar surface area (TPSA) is 74.2 Å². The highest BCUT2D eigenvalue weighted by Gasteiger charge is 2.25. The molecule has 1 unspecified atom stereocenters. The number of nitrogen functional groups attached to an aromatic ring is 1. The van der Waals surface area contributed by atoms with Crippen LogP contribution in [0.5, 0.6) is 5.75 Å². The summed E-state index contributed by atoms with van der Waals surface area (Å²) in [6.07, 6.45) is 0.967. The average molecular weight is 337 g/mol. The fourth-order valence-corrected chi connectivity index (χ4v) is 3.75. The van der Waals surface area contributed by atoms with Crippen molar-refractivity contribution in [3.8, 4) is 28.1 Å². The van der Waals surface area contributed by atoms with Gasteiger partial charge < -0.3 is 16.2 Å². The van der Waals surface area contributed by atoms with E-state index in [1.54, 1.807) is 0 Å². The first-order valence-electron chi connectivity index (χ1n) is 7.96. The molecule has 0 spiro atoms. The molecular formula is C19H19N3OS. The Labute approximate surface area is 145 Å². The minimum Gasteiger partial charge on any atom is -0.488 e. The molecule has 0 amide bonds. The molecule has 1 atom stereocenters. The second-order valence-electron chi connectivity index (χ2n) is 6.13. The first kappa shape index (κ1) is 15.2. The minimum atomic E-state index is 0.0813. The van der Waals surface area contributed by atoms with E-state index in [9.17, 15) is 0 Å². The minimum absolute atomic E-state index is 0.0813. The summed E-state index contributed by atoms with van der Waals surface area (Å²) in [6.45, 7) is 2.66. The van der Waals surface area contributed by atoms with Gasteiger partial charge in [-0.15, -0.1) is 11.3 Å². The van der Waals surface area contributed by atoms with Gasteiger partial charge in [-0.2, -0.15) is 0 Å². The number of hydrogen-bond acceptors (Lipinski definition) is 5. The Hall–Kier alpha value is -2.37. The van der Waals surface area contributed by atoms with Gasteiger partial charge in [0, 0.05) is 29.5 Å². The maximum atomic E-state index is 6.06. The van der Waals surface area contributed by atoms with Crippen molar-refractivity contribution in [1.29, 1.82) is 0 Å². The molecule has 0 bridgehead atoms. The van der Waals surface area contributed by atoms with Crippen LogP contribution in [0.1, 0.15) is 11.1 Å². The van der Waals surface area contributed by atoms with E-state index in [0.29, 0.717) is 11.7 Å². The van der Waals surface area contributed by atoms with Gasteiger partial charge in [-0.3, -0.25) is 0 Å². The lowest BCUT2D eigenvalue weighted by molar-refractivity contribution is 0.242. The third kappa shape index (κ3) is 2.66. The van der Waals surface area contributed by atoms with E-state index in [1.165, 1.54) is 22.5 Å². The molecule has 3 aromatic rings. The molecule has 0 fully saturated rings. The molecule has 0 aliphatic carbocycles. The number of fused-ring (bicyclic) bond motifs is 1. The van der Waals surface area contributed by atoms with E-state index in [-0.39, 0.29) is 6.10 Å². The molecule has 1 aliphatic rings. The fourth-order valence-electron chi connectivity index (χ4n) is 3.18. The number of nitrogens with zero attached hydrogens (tertiary/aromatic N) is 1. The molecule has 2 heterocycles. The zero-order valence-corrected chi connectivity index (χ0v) is 14.3. The zero-order chi connectivity index (χ0) is 16.7. The molecule has 1 aromatic heterocycles. The van der Waals surface area contributed by atoms with E-state index in [2.05, 4.69) is 48.3 Å². The van der Waals surface area contributed by atoms with E-state index in [4.69, 9.17) is 16.2 Å². The van der Waals surface area contributed by atoms with Crippen LogP contribution < -0.4 is 16.2 Å². The van der Waals surface area contributed by atoms with Crippen molar-refractivity contribution >= 4 is 16.5 Å². The number of hydrogen-bond donors (Lipinski definition) is 2. The molecule has 0 saturated carbocycles. The maximum absolute atomic E-state index is 6.06. The highest BCUT2D eigenvalue weighted by Crippen LogP contribution is 2.40. The number of rotatable bonds is 3. The van der Waals surface area contributed by atoms with Crippen LogP contribution in [0.3, 0.4) is 0 Å². The molecule has 2 aromatic carbocycles. The zero-order valence-electron chi connectivity index (χ0n) is 13.5. The molecule has 1 aliphatic heterocycles. The van der Waals surface area contributed by atoms with Crippen LogP contribution in [0.15, 0.2) is 41.8 Å². The first-order chi connectivity index (χ1) is 11.6. The van der Waals surface area contributed by atoms with Crippen molar-refractivity contribution in [3.63, 3.8) is 0 Å². The Bertz CT molecular complexity index is 886. The van der Waals surface area contributed by atoms with Gasteiger partial charge in [0.2, 0.25) is 0 Å². The summed E-state index contributed by atoms with van der Waals surface area (Å²) in [5.41, 5.74) is 18.2. The predicted molar refractivity (Wildman–Crippen MR) is 99.3 cm³/mol. The Balaban J connectivity index is 1.72. The quantitative estimate of drug-likeness (QED) is 0.765. The van der Waals surface area contributed by atoms with Gasteiger partial charge >= 0.3 is 0 Å². The monoisotopic (exact) mass is 337 g/mol. The summed E-state index contributed by atoms with van der Waals surface area (Å²) >= 11 is 1.46. The molecule has 4 rings (SSSR count). The summed E-state index contributed by atoms with van der Waals surface area (Å²) < 4.78 is 6.06. The van der Waals surface area contributed by atoms with Crippen LogP contribution in [0.25, 0.3) is 22.4 Å². The lowest BCUT2D eigenvalue weighted by Gasteiger charge is -2.12. The van der Waals surface area contributed by atoms with Crippen LogP contribution in [0.2, 0.25) is 0 Å². The lowest BCUT2D eigenvalue weighted by Crippen LogP contribution is -2.24. The van der Waals surface area contributed by atoms with E-state index in [0.717, 1.165) is 34.6 Å². The van der Waals surface area contributed by atoms with Crippen molar-refractivity contribution in [1.82, 2.24) is 4.98 Å². The Kier molecular flexibility index (Phi) is 3.75. The highest BCUT2D eigenvalue weighted by atomic mass is 32.1. The van der Waals surface area contributed by atoms with Crippen LogP contribution >= 0.6 is 11.3 Å². The Morgan fingerprint density at radius 3 is 2.62 bits per heavy atom. The van der Waals surface area contributed by atoms with Gasteiger partial charge in [0.25, 0.3) is 0 Å². The van der Waals surface area contributed by atoms with Crippen LogP contribution in [-0.4, -0.2) is 17.6 Å². The highest BCUT2D eigenvalue weighted by molar-refractivity contribution is 7.13. The van der Waals surface area contributed by atoms with Crippen molar-refractivity contribution < 1.29 is 4.74 Å². The summed E-state index contributed by atoms with van der Waals surface area (Å²) in [7, 11) is 0. The SMILES string of the molecule is Cc1cc2c(c(-c3ccc(-c4csc(N)n4)cc3)c1)OC(CN)C2. The maximum Gasteiger partial charge on any atom is 0.180 e. The summed E-state index contributed by atoms with van der Waals surface area (Å²) in [5.74, 6) is 0.974. The van der Waals surface area contributed by atoms with Gasteiger partial charge in [-0.05, 0) is 29.7 Å². The van der Waals surface area contributed by atoms with Crippen LogP contribution in [-0.2, 0) is 6.42 Å². The smallest absolute Gasteiger partial charge is 0.180 e. The van der Waals surface area contributed by atoms with Crippen molar-refractivity contribution in [3.05, 3.63) is 52.9 Å². The fraction of sp³-hybridized carbons (Fsp3) is 0.211. The Morgan fingerprint density at radius 2 is 1.96 bits per heavy atom. The summed E-state index contributed by atoms with van der Waals surface area (Å²) in [5, 5.41) is 2.57.